The molecule has 5 heteroatoms. The maximum Gasteiger partial charge on any atom is 0.329 e. The van der Waals surface area contributed by atoms with Crippen molar-refractivity contribution in [1.82, 2.24) is 4.90 Å². The fraction of sp³-hybridized carbons (Fsp3) is 0.250. The van der Waals surface area contributed by atoms with Crippen LogP contribution in [0.1, 0.15) is 59.9 Å². The fourth-order valence-electron chi connectivity index (χ4n) is 3.60. The van der Waals surface area contributed by atoms with E-state index in [1.165, 1.54) is 13.8 Å². The van der Waals surface area contributed by atoms with Crippen LogP contribution in [0.4, 0.5) is 16.2 Å². The number of carbonyl (C=O) groups excluding carboxylic acids is 3. The molecule has 0 bridgehead atoms. The van der Waals surface area contributed by atoms with Crippen molar-refractivity contribution < 1.29 is 14.4 Å². The van der Waals surface area contributed by atoms with Gasteiger partial charge in [0.15, 0.2) is 11.6 Å². The van der Waals surface area contributed by atoms with Crippen molar-refractivity contribution in [3.63, 3.8) is 0 Å². The molecule has 0 aliphatic carbocycles. The summed E-state index contributed by atoms with van der Waals surface area (Å²) < 4.78 is 0. The van der Waals surface area contributed by atoms with E-state index in [9.17, 15) is 14.4 Å². The summed E-state index contributed by atoms with van der Waals surface area (Å²) in [5, 5.41) is 0. The number of urea groups is 1. The SMILES string of the molecule is CCCCN(Cc1ccccc1)C(=O)N(c1ccc(C(C)=O)cc1)c1ccc(C(C)=O)cc1. The molecule has 0 saturated carbocycles. The number of nitrogens with zero attached hydrogens (tertiary/aromatic N) is 2. The van der Waals surface area contributed by atoms with E-state index in [2.05, 4.69) is 6.92 Å². The van der Waals surface area contributed by atoms with Crippen molar-refractivity contribution in [1.29, 1.82) is 0 Å². The Morgan fingerprint density at radius 1 is 0.697 bits per heavy atom. The minimum absolute atomic E-state index is 0.0288. The van der Waals surface area contributed by atoms with Crippen LogP contribution in [-0.2, 0) is 6.54 Å². The molecule has 0 spiro atoms. The van der Waals surface area contributed by atoms with Crippen LogP contribution in [0, 0.1) is 0 Å². The molecular weight excluding hydrogens is 412 g/mol. The monoisotopic (exact) mass is 442 g/mol. The summed E-state index contributed by atoms with van der Waals surface area (Å²) in [6.45, 7) is 6.25. The molecule has 33 heavy (non-hydrogen) atoms. The molecular formula is C28H30N2O3. The number of carbonyl (C=O) groups is 3. The highest BCUT2D eigenvalue weighted by Crippen LogP contribution is 2.28. The molecule has 3 aromatic carbocycles. The van der Waals surface area contributed by atoms with E-state index >= 15 is 0 Å². The van der Waals surface area contributed by atoms with Crippen LogP contribution in [0.25, 0.3) is 0 Å². The van der Waals surface area contributed by atoms with E-state index in [1.807, 2.05) is 35.2 Å². The lowest BCUT2D eigenvalue weighted by molar-refractivity contribution is 0.100. The van der Waals surface area contributed by atoms with Gasteiger partial charge in [-0.25, -0.2) is 4.79 Å². The number of hydrogen-bond donors (Lipinski definition) is 0. The molecule has 0 atom stereocenters. The first-order valence-corrected chi connectivity index (χ1v) is 11.3. The van der Waals surface area contributed by atoms with Crippen LogP contribution < -0.4 is 4.90 Å². The summed E-state index contributed by atoms with van der Waals surface area (Å²) in [7, 11) is 0. The predicted octanol–water partition coefficient (Wildman–Crippen LogP) is 6.65. The summed E-state index contributed by atoms with van der Waals surface area (Å²) in [6, 6.07) is 23.8. The zero-order valence-corrected chi connectivity index (χ0v) is 19.5. The topological polar surface area (TPSA) is 57.7 Å². The van der Waals surface area contributed by atoms with Gasteiger partial charge in [-0.05, 0) is 74.4 Å². The number of hydrogen-bond acceptors (Lipinski definition) is 3. The van der Waals surface area contributed by atoms with Crippen LogP contribution in [-0.4, -0.2) is 29.0 Å². The Bertz CT molecular complexity index is 1030. The first-order valence-electron chi connectivity index (χ1n) is 11.3. The standard InChI is InChI=1S/C28H30N2O3/c1-4-5-19-29(20-23-9-7-6-8-10-23)28(33)30(26-15-11-24(12-16-26)21(2)31)27-17-13-25(14-18-27)22(3)32/h6-18H,4-5,19-20H2,1-3H3. The fourth-order valence-corrected chi connectivity index (χ4v) is 3.60. The van der Waals surface area contributed by atoms with Gasteiger partial charge in [-0.15, -0.1) is 0 Å². The van der Waals surface area contributed by atoms with Crippen molar-refractivity contribution >= 4 is 29.0 Å². The number of unbranched alkanes of at least 4 members (excludes halogenated alkanes) is 1. The molecule has 2 amide bonds. The second-order valence-electron chi connectivity index (χ2n) is 8.08. The highest BCUT2D eigenvalue weighted by atomic mass is 16.2. The molecule has 5 nitrogen and oxygen atoms in total. The average Bonchev–Trinajstić information content (AvgIpc) is 2.83. The average molecular weight is 443 g/mol. The van der Waals surface area contributed by atoms with Gasteiger partial charge in [-0.3, -0.25) is 14.5 Å². The molecule has 170 valence electrons. The van der Waals surface area contributed by atoms with Gasteiger partial charge < -0.3 is 4.90 Å². The van der Waals surface area contributed by atoms with Gasteiger partial charge in [0.1, 0.15) is 0 Å². The first-order chi connectivity index (χ1) is 15.9. The number of anilines is 2. The summed E-state index contributed by atoms with van der Waals surface area (Å²) in [5.41, 5.74) is 3.56. The molecule has 0 heterocycles. The second-order valence-corrected chi connectivity index (χ2v) is 8.08. The molecule has 0 aliphatic heterocycles. The third-order valence-electron chi connectivity index (χ3n) is 5.52. The Labute approximate surface area is 195 Å². The van der Waals surface area contributed by atoms with Gasteiger partial charge in [0.05, 0.1) is 11.4 Å². The third-order valence-corrected chi connectivity index (χ3v) is 5.52. The van der Waals surface area contributed by atoms with Crippen LogP contribution in [0.2, 0.25) is 0 Å². The van der Waals surface area contributed by atoms with E-state index < -0.39 is 0 Å². The van der Waals surface area contributed by atoms with Gasteiger partial charge in [-0.2, -0.15) is 0 Å². The molecule has 0 aliphatic rings. The third kappa shape index (κ3) is 6.16. The Hall–Kier alpha value is -3.73. The Kier molecular flexibility index (Phi) is 8.14. The molecule has 0 fully saturated rings. The van der Waals surface area contributed by atoms with Crippen molar-refractivity contribution in [3.8, 4) is 0 Å². The zero-order chi connectivity index (χ0) is 23.8. The van der Waals surface area contributed by atoms with Crippen molar-refractivity contribution in [2.24, 2.45) is 0 Å². The molecule has 0 N–H and O–H groups in total. The van der Waals surface area contributed by atoms with Gasteiger partial charge in [0.25, 0.3) is 0 Å². The van der Waals surface area contributed by atoms with Gasteiger partial charge >= 0.3 is 6.03 Å². The number of amides is 2. The Morgan fingerprint density at radius 3 is 1.61 bits per heavy atom. The maximum atomic E-state index is 13.9. The second kappa shape index (κ2) is 11.2. The highest BCUT2D eigenvalue weighted by Gasteiger charge is 2.24. The van der Waals surface area contributed by atoms with Gasteiger partial charge in [0.2, 0.25) is 0 Å². The largest absolute Gasteiger partial charge is 0.329 e. The number of ketones is 2. The van der Waals surface area contributed by atoms with E-state index in [0.717, 1.165) is 18.4 Å². The lowest BCUT2D eigenvalue weighted by Gasteiger charge is -2.31. The van der Waals surface area contributed by atoms with E-state index in [0.29, 0.717) is 35.6 Å². The lowest BCUT2D eigenvalue weighted by atomic mass is 10.1. The molecule has 0 unspecified atom stereocenters. The highest BCUT2D eigenvalue weighted by molar-refractivity contribution is 6.01. The Balaban J connectivity index is 2.02. The van der Waals surface area contributed by atoms with Crippen LogP contribution in [0.5, 0.6) is 0 Å². The molecule has 0 aromatic heterocycles. The van der Waals surface area contributed by atoms with Gasteiger partial charge in [-0.1, -0.05) is 43.7 Å². The van der Waals surface area contributed by atoms with Crippen LogP contribution >= 0.6 is 0 Å². The van der Waals surface area contributed by atoms with E-state index in [1.54, 1.807) is 53.4 Å². The molecule has 3 rings (SSSR count). The summed E-state index contributed by atoms with van der Waals surface area (Å²) in [5.74, 6) is -0.0576. The quantitative estimate of drug-likeness (QED) is 0.349. The van der Waals surface area contributed by atoms with Crippen molar-refractivity contribution in [2.75, 3.05) is 11.4 Å². The maximum absolute atomic E-state index is 13.9. The zero-order valence-electron chi connectivity index (χ0n) is 19.5. The first kappa shape index (κ1) is 23.9. The number of benzene rings is 3. The molecule has 0 radical (unpaired) electrons. The van der Waals surface area contributed by atoms with Gasteiger partial charge in [0, 0.05) is 24.2 Å². The molecule has 0 saturated heterocycles. The van der Waals surface area contributed by atoms with E-state index in [4.69, 9.17) is 0 Å². The molecule has 3 aromatic rings. The smallest absolute Gasteiger partial charge is 0.320 e. The van der Waals surface area contributed by atoms with Crippen molar-refractivity contribution in [3.05, 3.63) is 95.6 Å². The number of rotatable bonds is 9. The normalized spacial score (nSPS) is 10.5. The van der Waals surface area contributed by atoms with Crippen molar-refractivity contribution in [2.45, 2.75) is 40.2 Å². The predicted molar refractivity (Wildman–Crippen MR) is 132 cm³/mol. The number of Topliss-reactive ketones (excluding diaryl/α,β-unsaturated/α-hetero) is 2. The summed E-state index contributed by atoms with van der Waals surface area (Å²) >= 11 is 0. The minimum atomic E-state index is -0.154. The van der Waals surface area contributed by atoms with Crippen LogP contribution in [0.15, 0.2) is 78.9 Å². The lowest BCUT2D eigenvalue weighted by Crippen LogP contribution is -2.41. The minimum Gasteiger partial charge on any atom is -0.320 e. The van der Waals surface area contributed by atoms with Crippen LogP contribution in [0.3, 0.4) is 0 Å². The van der Waals surface area contributed by atoms with E-state index in [-0.39, 0.29) is 17.6 Å². The Morgan fingerprint density at radius 2 is 1.18 bits per heavy atom. The summed E-state index contributed by atoms with van der Waals surface area (Å²) in [6.07, 6.45) is 1.86. The summed E-state index contributed by atoms with van der Waals surface area (Å²) in [4.78, 5) is 40.9.